The van der Waals surface area contributed by atoms with E-state index in [-0.39, 0.29) is 18.6 Å². The van der Waals surface area contributed by atoms with E-state index in [0.29, 0.717) is 17.8 Å². The minimum absolute atomic E-state index is 0.0702. The molecule has 4 N–H and O–H groups in total. The number of piperidine rings is 1. The molecule has 2 rings (SSSR count). The Morgan fingerprint density at radius 2 is 2.42 bits per heavy atom. The number of aliphatic hydroxyl groups excluding tert-OH is 1. The van der Waals surface area contributed by atoms with Gasteiger partial charge in [-0.15, -0.1) is 0 Å². The molecule has 6 nitrogen and oxygen atoms in total. The molecule has 1 aliphatic heterocycles. The van der Waals surface area contributed by atoms with E-state index in [1.165, 1.54) is 0 Å². The lowest BCUT2D eigenvalue weighted by atomic mass is 9.98. The number of nitrogens with two attached hydrogens (primary N) is 1. The van der Waals surface area contributed by atoms with Crippen LogP contribution in [-0.2, 0) is 0 Å². The van der Waals surface area contributed by atoms with Gasteiger partial charge in [0, 0.05) is 25.4 Å². The number of carbonyl (C=O) groups excluding carboxylic acids is 1. The first-order chi connectivity index (χ1) is 9.27. The molecule has 104 valence electrons. The second kappa shape index (κ2) is 6.49. The van der Waals surface area contributed by atoms with Gasteiger partial charge in [-0.25, -0.2) is 10.8 Å². The summed E-state index contributed by atoms with van der Waals surface area (Å²) in [6, 6.07) is 3.55. The number of aliphatic hydroxyl groups is 1. The van der Waals surface area contributed by atoms with Crippen LogP contribution in [0.3, 0.4) is 0 Å². The summed E-state index contributed by atoms with van der Waals surface area (Å²) >= 11 is 0. The lowest BCUT2D eigenvalue weighted by Crippen LogP contribution is -2.44. The van der Waals surface area contributed by atoms with E-state index < -0.39 is 0 Å². The summed E-state index contributed by atoms with van der Waals surface area (Å²) in [6.07, 6.45) is 5.26. The molecule has 1 amide bonds. The fourth-order valence-corrected chi connectivity index (χ4v) is 2.56. The Hall–Kier alpha value is -1.66. The molecular formula is C13H20N4O2. The molecule has 0 aliphatic carbocycles. The molecule has 0 spiro atoms. The standard InChI is InChI=1S/C13H20N4O2/c14-16-12-11(5-3-7-15-12)13(19)17-8-2-1-4-10(17)6-9-18/h3,5,7,10,18H,1-2,4,6,8-9,14H2,(H,15,16). The summed E-state index contributed by atoms with van der Waals surface area (Å²) in [5, 5.41) is 9.11. The Morgan fingerprint density at radius 1 is 1.58 bits per heavy atom. The summed E-state index contributed by atoms with van der Waals surface area (Å²) in [6.45, 7) is 0.825. The topological polar surface area (TPSA) is 91.5 Å². The largest absolute Gasteiger partial charge is 0.396 e. The van der Waals surface area contributed by atoms with Crippen molar-refractivity contribution in [3.8, 4) is 0 Å². The van der Waals surface area contributed by atoms with Crippen LogP contribution in [0.1, 0.15) is 36.0 Å². The summed E-state index contributed by atoms with van der Waals surface area (Å²) in [4.78, 5) is 18.5. The quantitative estimate of drug-likeness (QED) is 0.551. The summed E-state index contributed by atoms with van der Waals surface area (Å²) in [5.74, 6) is 5.71. The smallest absolute Gasteiger partial charge is 0.257 e. The van der Waals surface area contributed by atoms with Crippen LogP contribution < -0.4 is 11.3 Å². The zero-order valence-electron chi connectivity index (χ0n) is 10.9. The molecule has 2 heterocycles. The van der Waals surface area contributed by atoms with Crippen LogP contribution in [0.5, 0.6) is 0 Å². The van der Waals surface area contributed by atoms with Crippen molar-refractivity contribution in [2.45, 2.75) is 31.7 Å². The maximum Gasteiger partial charge on any atom is 0.257 e. The molecule has 0 bridgehead atoms. The number of nitrogen functional groups attached to an aromatic ring is 1. The second-order valence-corrected chi connectivity index (χ2v) is 4.70. The summed E-state index contributed by atoms with van der Waals surface area (Å²) in [5.41, 5.74) is 2.94. The van der Waals surface area contributed by atoms with Crippen LogP contribution in [0.4, 0.5) is 5.82 Å². The average molecular weight is 264 g/mol. The van der Waals surface area contributed by atoms with Crippen molar-refractivity contribution >= 4 is 11.7 Å². The van der Waals surface area contributed by atoms with E-state index in [2.05, 4.69) is 10.4 Å². The van der Waals surface area contributed by atoms with Crippen molar-refractivity contribution < 1.29 is 9.90 Å². The number of hydrogen-bond acceptors (Lipinski definition) is 5. The first-order valence-corrected chi connectivity index (χ1v) is 6.61. The number of hydrazine groups is 1. The van der Waals surface area contributed by atoms with Gasteiger partial charge in [-0.1, -0.05) is 0 Å². The first kappa shape index (κ1) is 13.8. The lowest BCUT2D eigenvalue weighted by Gasteiger charge is -2.35. The van der Waals surface area contributed by atoms with Crippen LogP contribution in [-0.4, -0.2) is 40.1 Å². The summed E-state index contributed by atoms with van der Waals surface area (Å²) < 4.78 is 0. The third-order valence-electron chi connectivity index (χ3n) is 3.53. The van der Waals surface area contributed by atoms with Gasteiger partial charge >= 0.3 is 0 Å². The molecular weight excluding hydrogens is 244 g/mol. The number of anilines is 1. The maximum atomic E-state index is 12.6. The number of nitrogens with zero attached hydrogens (tertiary/aromatic N) is 2. The molecule has 1 aliphatic rings. The van der Waals surface area contributed by atoms with Gasteiger partial charge in [0.25, 0.3) is 5.91 Å². The van der Waals surface area contributed by atoms with Gasteiger partial charge in [0.1, 0.15) is 0 Å². The zero-order valence-corrected chi connectivity index (χ0v) is 10.9. The predicted octanol–water partition coefficient (Wildman–Crippen LogP) is 0.744. The SMILES string of the molecule is NNc1ncccc1C(=O)N1CCCCC1CCO. The molecule has 0 saturated carbocycles. The summed E-state index contributed by atoms with van der Waals surface area (Å²) in [7, 11) is 0. The van der Waals surface area contributed by atoms with Gasteiger partial charge in [-0.2, -0.15) is 0 Å². The monoisotopic (exact) mass is 264 g/mol. The number of carbonyl (C=O) groups is 1. The van der Waals surface area contributed by atoms with Crippen molar-refractivity contribution in [3.63, 3.8) is 0 Å². The highest BCUT2D eigenvalue weighted by Gasteiger charge is 2.28. The minimum atomic E-state index is -0.0702. The third kappa shape index (κ3) is 3.02. The number of aromatic nitrogens is 1. The van der Waals surface area contributed by atoms with Gasteiger partial charge in [-0.05, 0) is 37.8 Å². The van der Waals surface area contributed by atoms with Crippen molar-refractivity contribution in [3.05, 3.63) is 23.9 Å². The highest BCUT2D eigenvalue weighted by molar-refractivity contribution is 5.98. The van der Waals surface area contributed by atoms with E-state index in [1.807, 2.05) is 4.90 Å². The molecule has 1 aromatic rings. The Morgan fingerprint density at radius 3 is 3.16 bits per heavy atom. The highest BCUT2D eigenvalue weighted by atomic mass is 16.3. The zero-order chi connectivity index (χ0) is 13.7. The first-order valence-electron chi connectivity index (χ1n) is 6.61. The number of pyridine rings is 1. The normalized spacial score (nSPS) is 19.3. The predicted molar refractivity (Wildman–Crippen MR) is 72.4 cm³/mol. The van der Waals surface area contributed by atoms with E-state index in [4.69, 9.17) is 10.9 Å². The number of hydrogen-bond donors (Lipinski definition) is 3. The van der Waals surface area contributed by atoms with Gasteiger partial charge < -0.3 is 15.4 Å². The fourth-order valence-electron chi connectivity index (χ4n) is 2.56. The van der Waals surface area contributed by atoms with Gasteiger partial charge in [0.15, 0.2) is 5.82 Å². The number of amides is 1. The average Bonchev–Trinajstić information content (AvgIpc) is 2.47. The van der Waals surface area contributed by atoms with E-state index in [1.54, 1.807) is 18.3 Å². The molecule has 1 aromatic heterocycles. The van der Waals surface area contributed by atoms with E-state index in [9.17, 15) is 4.79 Å². The molecule has 1 saturated heterocycles. The van der Waals surface area contributed by atoms with E-state index in [0.717, 1.165) is 25.8 Å². The van der Waals surface area contributed by atoms with E-state index >= 15 is 0 Å². The molecule has 1 unspecified atom stereocenters. The molecule has 6 heteroatoms. The van der Waals surface area contributed by atoms with Crippen molar-refractivity contribution in [2.75, 3.05) is 18.6 Å². The second-order valence-electron chi connectivity index (χ2n) is 4.70. The minimum Gasteiger partial charge on any atom is -0.396 e. The number of likely N-dealkylation sites (tertiary alicyclic amines) is 1. The van der Waals surface area contributed by atoms with Crippen LogP contribution in [0.25, 0.3) is 0 Å². The Labute approximate surface area is 112 Å². The molecule has 0 aromatic carbocycles. The van der Waals surface area contributed by atoms with Crippen LogP contribution in [0, 0.1) is 0 Å². The van der Waals surface area contributed by atoms with Crippen LogP contribution in [0.15, 0.2) is 18.3 Å². The highest BCUT2D eigenvalue weighted by Crippen LogP contribution is 2.23. The fraction of sp³-hybridized carbons (Fsp3) is 0.538. The molecule has 1 fully saturated rings. The van der Waals surface area contributed by atoms with Crippen molar-refractivity contribution in [1.29, 1.82) is 0 Å². The Kier molecular flexibility index (Phi) is 4.70. The van der Waals surface area contributed by atoms with Gasteiger partial charge in [-0.3, -0.25) is 4.79 Å². The van der Waals surface area contributed by atoms with Crippen LogP contribution >= 0.6 is 0 Å². The van der Waals surface area contributed by atoms with Gasteiger partial charge in [0.05, 0.1) is 5.56 Å². The molecule has 0 radical (unpaired) electrons. The van der Waals surface area contributed by atoms with Gasteiger partial charge in [0.2, 0.25) is 0 Å². The Bertz CT molecular complexity index is 436. The number of rotatable bonds is 4. The van der Waals surface area contributed by atoms with Crippen molar-refractivity contribution in [2.24, 2.45) is 5.84 Å². The lowest BCUT2D eigenvalue weighted by molar-refractivity contribution is 0.0575. The molecule has 1 atom stereocenters. The van der Waals surface area contributed by atoms with Crippen LogP contribution in [0.2, 0.25) is 0 Å². The third-order valence-corrected chi connectivity index (χ3v) is 3.53. The number of nitrogens with one attached hydrogen (secondary N) is 1. The Balaban J connectivity index is 2.21. The van der Waals surface area contributed by atoms with Crippen molar-refractivity contribution in [1.82, 2.24) is 9.88 Å². The maximum absolute atomic E-state index is 12.6. The molecule has 19 heavy (non-hydrogen) atoms.